The maximum absolute atomic E-state index is 8.92. The van der Waals surface area contributed by atoms with Crippen molar-refractivity contribution in [2.24, 2.45) is 0 Å². The van der Waals surface area contributed by atoms with Crippen LogP contribution in [0.5, 0.6) is 0 Å². The molecule has 0 aromatic heterocycles. The van der Waals surface area contributed by atoms with Crippen molar-refractivity contribution >= 4 is 0 Å². The molecule has 0 spiro atoms. The molecule has 60 valence electrons. The van der Waals surface area contributed by atoms with Crippen LogP contribution in [-0.2, 0) is 4.74 Å². The lowest BCUT2D eigenvalue weighted by Crippen LogP contribution is -2.15. The fourth-order valence-electron chi connectivity index (χ4n) is 0.781. The Kier molecular flexibility index (Phi) is 5.26. The van der Waals surface area contributed by atoms with Gasteiger partial charge >= 0.3 is 0 Å². The standard InChI is InChI=1S/C8H16O2/c1-4-5-10-8(3)6-7(2)9/h4,7-9H,1,5-6H2,2-3H3/t7-,8-/m1/s1. The van der Waals surface area contributed by atoms with E-state index >= 15 is 0 Å². The molecule has 10 heavy (non-hydrogen) atoms. The van der Waals surface area contributed by atoms with Gasteiger partial charge < -0.3 is 9.84 Å². The molecule has 2 nitrogen and oxygen atoms in total. The van der Waals surface area contributed by atoms with Gasteiger partial charge in [-0.2, -0.15) is 0 Å². The van der Waals surface area contributed by atoms with E-state index in [9.17, 15) is 0 Å². The fourth-order valence-corrected chi connectivity index (χ4v) is 0.781. The van der Waals surface area contributed by atoms with E-state index in [1.807, 2.05) is 6.92 Å². The van der Waals surface area contributed by atoms with Crippen molar-refractivity contribution in [3.05, 3.63) is 12.7 Å². The molecule has 0 aromatic rings. The number of aliphatic hydroxyl groups excluding tert-OH is 1. The molecule has 2 atom stereocenters. The van der Waals surface area contributed by atoms with Crippen molar-refractivity contribution < 1.29 is 9.84 Å². The second kappa shape index (κ2) is 5.45. The van der Waals surface area contributed by atoms with E-state index in [-0.39, 0.29) is 12.2 Å². The van der Waals surface area contributed by atoms with Gasteiger partial charge in [-0.1, -0.05) is 6.08 Å². The molecule has 0 bridgehead atoms. The first-order valence-electron chi connectivity index (χ1n) is 3.57. The summed E-state index contributed by atoms with van der Waals surface area (Å²) in [5, 5.41) is 8.92. The molecule has 1 N–H and O–H groups in total. The van der Waals surface area contributed by atoms with E-state index in [1.54, 1.807) is 13.0 Å². The average Bonchev–Trinajstić information content (AvgIpc) is 1.82. The molecular weight excluding hydrogens is 128 g/mol. The zero-order chi connectivity index (χ0) is 7.98. The topological polar surface area (TPSA) is 29.5 Å². The summed E-state index contributed by atoms with van der Waals surface area (Å²) in [6, 6.07) is 0. The van der Waals surface area contributed by atoms with E-state index in [4.69, 9.17) is 9.84 Å². The van der Waals surface area contributed by atoms with Crippen molar-refractivity contribution in [2.45, 2.75) is 32.5 Å². The van der Waals surface area contributed by atoms with Crippen molar-refractivity contribution in [1.29, 1.82) is 0 Å². The van der Waals surface area contributed by atoms with Crippen LogP contribution in [0.15, 0.2) is 12.7 Å². The van der Waals surface area contributed by atoms with Gasteiger partial charge in [-0.3, -0.25) is 0 Å². The first kappa shape index (κ1) is 9.66. The summed E-state index contributed by atoms with van der Waals surface area (Å²) in [6.45, 7) is 7.79. The number of hydrogen-bond acceptors (Lipinski definition) is 2. The molecular formula is C8H16O2. The Hall–Kier alpha value is -0.340. The zero-order valence-electron chi connectivity index (χ0n) is 6.71. The Morgan fingerprint density at radius 1 is 1.60 bits per heavy atom. The van der Waals surface area contributed by atoms with Crippen LogP contribution in [0.4, 0.5) is 0 Å². The summed E-state index contributed by atoms with van der Waals surface area (Å²) in [4.78, 5) is 0. The predicted molar refractivity (Wildman–Crippen MR) is 41.9 cm³/mol. The third kappa shape index (κ3) is 5.79. The molecule has 0 aliphatic carbocycles. The maximum atomic E-state index is 8.92. The molecule has 0 fully saturated rings. The van der Waals surface area contributed by atoms with Gasteiger partial charge in [0.1, 0.15) is 0 Å². The van der Waals surface area contributed by atoms with Crippen molar-refractivity contribution in [1.82, 2.24) is 0 Å². The van der Waals surface area contributed by atoms with E-state index < -0.39 is 0 Å². The van der Waals surface area contributed by atoms with Crippen LogP contribution in [-0.4, -0.2) is 23.9 Å². The van der Waals surface area contributed by atoms with Crippen LogP contribution < -0.4 is 0 Å². The Bertz CT molecular complexity index is 89.3. The lowest BCUT2D eigenvalue weighted by atomic mass is 10.2. The van der Waals surface area contributed by atoms with Gasteiger partial charge in [-0.15, -0.1) is 6.58 Å². The zero-order valence-corrected chi connectivity index (χ0v) is 6.71. The molecule has 0 saturated carbocycles. The van der Waals surface area contributed by atoms with Gasteiger partial charge in [0.15, 0.2) is 0 Å². The predicted octanol–water partition coefficient (Wildman–Crippen LogP) is 1.35. The third-order valence-corrected chi connectivity index (χ3v) is 1.17. The number of aliphatic hydroxyl groups is 1. The monoisotopic (exact) mass is 144 g/mol. The largest absolute Gasteiger partial charge is 0.393 e. The van der Waals surface area contributed by atoms with Crippen molar-refractivity contribution in [3.63, 3.8) is 0 Å². The Morgan fingerprint density at radius 2 is 2.20 bits per heavy atom. The van der Waals surface area contributed by atoms with Gasteiger partial charge in [0, 0.05) is 0 Å². The Morgan fingerprint density at radius 3 is 2.60 bits per heavy atom. The third-order valence-electron chi connectivity index (χ3n) is 1.17. The lowest BCUT2D eigenvalue weighted by Gasteiger charge is -2.12. The van der Waals surface area contributed by atoms with Crippen LogP contribution in [0, 0.1) is 0 Å². The van der Waals surface area contributed by atoms with E-state index in [2.05, 4.69) is 6.58 Å². The summed E-state index contributed by atoms with van der Waals surface area (Å²) in [7, 11) is 0. The summed E-state index contributed by atoms with van der Waals surface area (Å²) in [5.41, 5.74) is 0. The highest BCUT2D eigenvalue weighted by Gasteiger charge is 2.04. The van der Waals surface area contributed by atoms with Crippen molar-refractivity contribution in [2.75, 3.05) is 6.61 Å². The van der Waals surface area contributed by atoms with Crippen LogP contribution in [0.2, 0.25) is 0 Å². The van der Waals surface area contributed by atoms with E-state index in [0.29, 0.717) is 13.0 Å². The summed E-state index contributed by atoms with van der Waals surface area (Å²) in [6.07, 6.45) is 2.24. The van der Waals surface area contributed by atoms with Crippen molar-refractivity contribution in [3.8, 4) is 0 Å². The molecule has 0 aliphatic heterocycles. The second-order valence-corrected chi connectivity index (χ2v) is 2.52. The lowest BCUT2D eigenvalue weighted by molar-refractivity contribution is 0.0445. The second-order valence-electron chi connectivity index (χ2n) is 2.52. The van der Waals surface area contributed by atoms with Crippen LogP contribution in [0.1, 0.15) is 20.3 Å². The summed E-state index contributed by atoms with van der Waals surface area (Å²) >= 11 is 0. The Labute approximate surface area is 62.5 Å². The maximum Gasteiger partial charge on any atom is 0.0648 e. The van der Waals surface area contributed by atoms with E-state index in [1.165, 1.54) is 0 Å². The van der Waals surface area contributed by atoms with Gasteiger partial charge in [0.2, 0.25) is 0 Å². The van der Waals surface area contributed by atoms with Gasteiger partial charge in [0.25, 0.3) is 0 Å². The molecule has 0 rings (SSSR count). The smallest absolute Gasteiger partial charge is 0.0648 e. The highest BCUT2D eigenvalue weighted by atomic mass is 16.5. The minimum absolute atomic E-state index is 0.123. The molecule has 0 saturated heterocycles. The molecule has 2 heteroatoms. The molecule has 0 unspecified atom stereocenters. The number of ether oxygens (including phenoxy) is 1. The van der Waals surface area contributed by atoms with Crippen LogP contribution >= 0.6 is 0 Å². The highest BCUT2D eigenvalue weighted by Crippen LogP contribution is 2.00. The van der Waals surface area contributed by atoms with Gasteiger partial charge in [-0.05, 0) is 20.3 Å². The number of rotatable bonds is 5. The van der Waals surface area contributed by atoms with Crippen LogP contribution in [0.25, 0.3) is 0 Å². The van der Waals surface area contributed by atoms with Gasteiger partial charge in [0.05, 0.1) is 18.8 Å². The highest BCUT2D eigenvalue weighted by molar-refractivity contribution is 4.66. The first-order chi connectivity index (χ1) is 4.66. The summed E-state index contributed by atoms with van der Waals surface area (Å²) < 4.78 is 5.22. The average molecular weight is 144 g/mol. The quantitative estimate of drug-likeness (QED) is 0.590. The fraction of sp³-hybridized carbons (Fsp3) is 0.750. The normalized spacial score (nSPS) is 16.3. The Balaban J connectivity index is 3.24. The summed E-state index contributed by atoms with van der Waals surface area (Å²) in [5.74, 6) is 0. The molecule has 0 radical (unpaired) electrons. The van der Waals surface area contributed by atoms with Crippen LogP contribution in [0.3, 0.4) is 0 Å². The van der Waals surface area contributed by atoms with Gasteiger partial charge in [-0.25, -0.2) is 0 Å². The SMILES string of the molecule is C=CCO[C@H](C)C[C@@H](C)O. The minimum atomic E-state index is -0.278. The first-order valence-corrected chi connectivity index (χ1v) is 3.57. The molecule has 0 heterocycles. The minimum Gasteiger partial charge on any atom is -0.393 e. The van der Waals surface area contributed by atoms with E-state index in [0.717, 1.165) is 0 Å². The molecule has 0 aliphatic rings. The molecule has 0 amide bonds. The number of hydrogen-bond donors (Lipinski definition) is 1. The molecule has 0 aromatic carbocycles.